The van der Waals surface area contributed by atoms with Crippen LogP contribution < -0.4 is 9.47 Å². The number of ether oxygens (including phenoxy) is 2. The molecule has 0 amide bonds. The highest BCUT2D eigenvalue weighted by molar-refractivity contribution is 7.89. The Hall–Kier alpha value is -1.31. The maximum absolute atomic E-state index is 12.7. The molecule has 1 saturated heterocycles. The molecule has 6 nitrogen and oxygen atoms in total. The van der Waals surface area contributed by atoms with Crippen molar-refractivity contribution in [3.8, 4) is 11.5 Å². The van der Waals surface area contributed by atoms with Crippen molar-refractivity contribution in [2.24, 2.45) is 0 Å². The molecule has 0 radical (unpaired) electrons. The number of aliphatic hydroxyl groups is 1. The Morgan fingerprint density at radius 1 is 1.35 bits per heavy atom. The predicted molar refractivity (Wildman–Crippen MR) is 73.5 cm³/mol. The lowest BCUT2D eigenvalue weighted by Gasteiger charge is -2.23. The molecule has 1 fully saturated rings. The van der Waals surface area contributed by atoms with E-state index in [1.54, 1.807) is 6.07 Å². The van der Waals surface area contributed by atoms with Gasteiger partial charge in [-0.05, 0) is 25.0 Å². The molecule has 1 atom stereocenters. The highest BCUT2D eigenvalue weighted by Gasteiger charge is 2.36. The third-order valence-electron chi connectivity index (χ3n) is 3.49. The molecule has 1 aliphatic heterocycles. The lowest BCUT2D eigenvalue weighted by Crippen LogP contribution is -2.37. The molecule has 1 N–H and O–H groups in total. The highest BCUT2D eigenvalue weighted by Crippen LogP contribution is 2.33. The van der Waals surface area contributed by atoms with E-state index in [2.05, 4.69) is 0 Å². The molecule has 7 heteroatoms. The Labute approximate surface area is 119 Å². The minimum Gasteiger partial charge on any atom is -0.497 e. The van der Waals surface area contributed by atoms with Crippen LogP contribution in [-0.4, -0.2) is 51.2 Å². The minimum atomic E-state index is -3.67. The van der Waals surface area contributed by atoms with Crippen molar-refractivity contribution in [2.45, 2.75) is 23.8 Å². The van der Waals surface area contributed by atoms with E-state index in [-0.39, 0.29) is 23.3 Å². The smallest absolute Gasteiger partial charge is 0.247 e. The van der Waals surface area contributed by atoms with Crippen molar-refractivity contribution in [1.29, 1.82) is 0 Å². The Balaban J connectivity index is 2.43. The molecular weight excluding hydrogens is 282 g/mol. The Kier molecular flexibility index (Phi) is 4.52. The van der Waals surface area contributed by atoms with Gasteiger partial charge in [0.1, 0.15) is 16.4 Å². The number of nitrogens with zero attached hydrogens (tertiary/aromatic N) is 1. The molecule has 0 bridgehead atoms. The summed E-state index contributed by atoms with van der Waals surface area (Å²) in [6, 6.07) is 4.24. The fourth-order valence-electron chi connectivity index (χ4n) is 2.42. The van der Waals surface area contributed by atoms with Gasteiger partial charge in [-0.3, -0.25) is 0 Å². The van der Waals surface area contributed by atoms with Crippen molar-refractivity contribution in [3.63, 3.8) is 0 Å². The normalized spacial score (nSPS) is 20.1. The maximum Gasteiger partial charge on any atom is 0.247 e. The lowest BCUT2D eigenvalue weighted by atomic mass is 10.2. The van der Waals surface area contributed by atoms with E-state index in [4.69, 9.17) is 9.47 Å². The predicted octanol–water partition coefficient (Wildman–Crippen LogP) is 0.849. The van der Waals surface area contributed by atoms with Gasteiger partial charge in [-0.25, -0.2) is 8.42 Å². The van der Waals surface area contributed by atoms with Crippen LogP contribution in [0.2, 0.25) is 0 Å². The summed E-state index contributed by atoms with van der Waals surface area (Å²) in [6.07, 6.45) is 1.43. The van der Waals surface area contributed by atoms with E-state index < -0.39 is 10.0 Å². The van der Waals surface area contributed by atoms with Gasteiger partial charge in [0.25, 0.3) is 0 Å². The van der Waals surface area contributed by atoms with Crippen LogP contribution >= 0.6 is 0 Å². The second-order valence-corrected chi connectivity index (χ2v) is 6.47. The summed E-state index contributed by atoms with van der Waals surface area (Å²) in [5, 5.41) is 9.30. The first-order chi connectivity index (χ1) is 9.54. The summed E-state index contributed by atoms with van der Waals surface area (Å²) in [5.41, 5.74) is 0. The van der Waals surface area contributed by atoms with Crippen molar-refractivity contribution in [2.75, 3.05) is 27.4 Å². The van der Waals surface area contributed by atoms with E-state index >= 15 is 0 Å². The number of benzene rings is 1. The van der Waals surface area contributed by atoms with Gasteiger partial charge in [-0.1, -0.05) is 0 Å². The summed E-state index contributed by atoms with van der Waals surface area (Å²) >= 11 is 0. The fraction of sp³-hybridized carbons (Fsp3) is 0.538. The van der Waals surface area contributed by atoms with Crippen LogP contribution in [0.4, 0.5) is 0 Å². The van der Waals surface area contributed by atoms with Gasteiger partial charge < -0.3 is 14.6 Å². The molecule has 112 valence electrons. The summed E-state index contributed by atoms with van der Waals surface area (Å²) in [5.74, 6) is 0.772. The van der Waals surface area contributed by atoms with Gasteiger partial charge in [-0.2, -0.15) is 4.31 Å². The van der Waals surface area contributed by atoms with Crippen molar-refractivity contribution < 1.29 is 23.0 Å². The van der Waals surface area contributed by atoms with Crippen molar-refractivity contribution in [3.05, 3.63) is 18.2 Å². The van der Waals surface area contributed by atoms with Crippen LogP contribution in [0.3, 0.4) is 0 Å². The molecule has 2 rings (SSSR count). The third kappa shape index (κ3) is 2.61. The van der Waals surface area contributed by atoms with Crippen molar-refractivity contribution >= 4 is 10.0 Å². The van der Waals surface area contributed by atoms with Crippen LogP contribution in [0, 0.1) is 0 Å². The molecule has 20 heavy (non-hydrogen) atoms. The van der Waals surface area contributed by atoms with Crippen LogP contribution in [-0.2, 0) is 10.0 Å². The van der Waals surface area contributed by atoms with Gasteiger partial charge in [0.15, 0.2) is 0 Å². The second-order valence-electron chi connectivity index (χ2n) is 4.61. The SMILES string of the molecule is COc1ccc(S(=O)(=O)N2CCC[C@H]2CO)c(OC)c1. The summed E-state index contributed by atoms with van der Waals surface area (Å²) < 4.78 is 36.9. The molecule has 1 aromatic carbocycles. The number of hydrogen-bond acceptors (Lipinski definition) is 5. The van der Waals surface area contributed by atoms with E-state index in [1.165, 1.54) is 30.7 Å². The van der Waals surface area contributed by atoms with Gasteiger partial charge in [0, 0.05) is 18.7 Å². The van der Waals surface area contributed by atoms with Crippen LogP contribution in [0.1, 0.15) is 12.8 Å². The molecular formula is C13H19NO5S. The quantitative estimate of drug-likeness (QED) is 0.872. The van der Waals surface area contributed by atoms with Crippen LogP contribution in [0.15, 0.2) is 23.1 Å². The first-order valence-electron chi connectivity index (χ1n) is 6.39. The zero-order valence-corrected chi connectivity index (χ0v) is 12.4. The molecule has 1 aliphatic rings. The Morgan fingerprint density at radius 2 is 2.10 bits per heavy atom. The molecule has 0 aromatic heterocycles. The largest absolute Gasteiger partial charge is 0.497 e. The monoisotopic (exact) mass is 301 g/mol. The third-order valence-corrected chi connectivity index (χ3v) is 5.48. The van der Waals surface area contributed by atoms with Gasteiger partial charge in [-0.15, -0.1) is 0 Å². The number of rotatable bonds is 5. The number of methoxy groups -OCH3 is 2. The average molecular weight is 301 g/mol. The standard InChI is InChI=1S/C13H19NO5S/c1-18-11-5-6-13(12(8-11)19-2)20(16,17)14-7-3-4-10(14)9-15/h5-6,8,10,15H,3-4,7,9H2,1-2H3/t10-/m0/s1. The summed E-state index contributed by atoms with van der Waals surface area (Å²) in [4.78, 5) is 0.0983. The molecule has 0 aliphatic carbocycles. The first-order valence-corrected chi connectivity index (χ1v) is 7.83. The minimum absolute atomic E-state index is 0.0983. The first kappa shape index (κ1) is 15.1. The summed E-state index contributed by atoms with van der Waals surface area (Å²) in [7, 11) is -0.752. The van der Waals surface area contributed by atoms with Gasteiger partial charge in [0.2, 0.25) is 10.0 Å². The van der Waals surface area contributed by atoms with Crippen LogP contribution in [0.25, 0.3) is 0 Å². The number of hydrogen-bond donors (Lipinski definition) is 1. The Morgan fingerprint density at radius 3 is 2.70 bits per heavy atom. The number of aliphatic hydroxyl groups excluding tert-OH is 1. The second kappa shape index (κ2) is 5.99. The lowest BCUT2D eigenvalue weighted by molar-refractivity contribution is 0.213. The molecule has 1 heterocycles. The van der Waals surface area contributed by atoms with E-state index in [1.807, 2.05) is 0 Å². The van der Waals surface area contributed by atoms with Gasteiger partial charge in [0.05, 0.1) is 20.8 Å². The summed E-state index contributed by atoms with van der Waals surface area (Å²) in [6.45, 7) is 0.250. The molecule has 1 aromatic rings. The zero-order valence-electron chi connectivity index (χ0n) is 11.6. The molecule has 0 unspecified atom stereocenters. The van der Waals surface area contributed by atoms with Crippen molar-refractivity contribution in [1.82, 2.24) is 4.31 Å². The topological polar surface area (TPSA) is 76.1 Å². The zero-order chi connectivity index (χ0) is 14.8. The molecule has 0 spiro atoms. The average Bonchev–Trinajstić information content (AvgIpc) is 2.95. The number of sulfonamides is 1. The maximum atomic E-state index is 12.7. The van der Waals surface area contributed by atoms with Crippen LogP contribution in [0.5, 0.6) is 11.5 Å². The van der Waals surface area contributed by atoms with Gasteiger partial charge >= 0.3 is 0 Å². The van der Waals surface area contributed by atoms with E-state index in [9.17, 15) is 13.5 Å². The van der Waals surface area contributed by atoms with E-state index in [0.29, 0.717) is 18.7 Å². The fourth-order valence-corrected chi connectivity index (χ4v) is 4.25. The van der Waals surface area contributed by atoms with E-state index in [0.717, 1.165) is 6.42 Å². The highest BCUT2D eigenvalue weighted by atomic mass is 32.2. The Bertz CT molecular complexity index is 572. The molecule has 0 saturated carbocycles.